The van der Waals surface area contributed by atoms with Crippen LogP contribution in [0.4, 0.5) is 0 Å². The number of rotatable bonds is 8. The van der Waals surface area contributed by atoms with Crippen LogP contribution in [0.2, 0.25) is 5.02 Å². The SMILES string of the molecule is O=C(COc1ccc(Br)cc1)NN=Cc1cccc(OCc2ccc(Cl)cc2)c1. The zero-order valence-electron chi connectivity index (χ0n) is 15.3. The predicted molar refractivity (Wildman–Crippen MR) is 118 cm³/mol. The van der Waals surface area contributed by atoms with Crippen LogP contribution in [-0.2, 0) is 11.4 Å². The minimum atomic E-state index is -0.348. The lowest BCUT2D eigenvalue weighted by molar-refractivity contribution is -0.123. The Bertz CT molecular complexity index is 976. The quantitative estimate of drug-likeness (QED) is 0.361. The first-order valence-electron chi connectivity index (χ1n) is 8.76. The molecule has 0 fully saturated rings. The third-order valence-corrected chi connectivity index (χ3v) is 4.54. The van der Waals surface area contributed by atoms with Gasteiger partial charge in [-0.15, -0.1) is 0 Å². The molecule has 1 amide bonds. The van der Waals surface area contributed by atoms with Gasteiger partial charge in [0.25, 0.3) is 5.91 Å². The fourth-order valence-electron chi connectivity index (χ4n) is 2.32. The molecule has 0 unspecified atom stereocenters. The van der Waals surface area contributed by atoms with Crippen molar-refractivity contribution in [3.8, 4) is 11.5 Å². The van der Waals surface area contributed by atoms with Crippen molar-refractivity contribution in [2.45, 2.75) is 6.61 Å². The second-order valence-corrected chi connectivity index (χ2v) is 7.38. The molecule has 0 aliphatic rings. The Labute approximate surface area is 182 Å². The normalized spacial score (nSPS) is 10.7. The van der Waals surface area contributed by atoms with Gasteiger partial charge in [0.2, 0.25) is 0 Å². The van der Waals surface area contributed by atoms with Crippen LogP contribution in [-0.4, -0.2) is 18.7 Å². The van der Waals surface area contributed by atoms with Gasteiger partial charge < -0.3 is 9.47 Å². The van der Waals surface area contributed by atoms with E-state index in [9.17, 15) is 4.79 Å². The van der Waals surface area contributed by atoms with Crippen LogP contribution in [0.25, 0.3) is 0 Å². The van der Waals surface area contributed by atoms with Crippen molar-refractivity contribution in [2.75, 3.05) is 6.61 Å². The maximum atomic E-state index is 11.8. The first-order valence-corrected chi connectivity index (χ1v) is 9.93. The number of halogens is 2. The van der Waals surface area contributed by atoms with Gasteiger partial charge in [0, 0.05) is 9.50 Å². The molecule has 0 bridgehead atoms. The number of hydrogen-bond donors (Lipinski definition) is 1. The van der Waals surface area contributed by atoms with Gasteiger partial charge in [0.15, 0.2) is 6.61 Å². The largest absolute Gasteiger partial charge is 0.489 e. The van der Waals surface area contributed by atoms with Gasteiger partial charge in [-0.1, -0.05) is 51.8 Å². The fraction of sp³-hybridized carbons (Fsp3) is 0.0909. The molecule has 0 aliphatic heterocycles. The third kappa shape index (κ3) is 7.25. The molecule has 1 N–H and O–H groups in total. The lowest BCUT2D eigenvalue weighted by atomic mass is 10.2. The van der Waals surface area contributed by atoms with Crippen LogP contribution in [0.3, 0.4) is 0 Å². The third-order valence-electron chi connectivity index (χ3n) is 3.76. The average molecular weight is 474 g/mol. The summed E-state index contributed by atoms with van der Waals surface area (Å²) in [7, 11) is 0. The minimum absolute atomic E-state index is 0.122. The molecule has 0 aromatic heterocycles. The van der Waals surface area contributed by atoms with E-state index in [0.29, 0.717) is 23.1 Å². The number of benzene rings is 3. The molecule has 0 heterocycles. The van der Waals surface area contributed by atoms with Gasteiger partial charge >= 0.3 is 0 Å². The molecule has 0 atom stereocenters. The monoisotopic (exact) mass is 472 g/mol. The van der Waals surface area contributed by atoms with Crippen LogP contribution < -0.4 is 14.9 Å². The van der Waals surface area contributed by atoms with E-state index in [1.807, 2.05) is 60.7 Å². The number of carbonyl (C=O) groups excluding carboxylic acids is 1. The second-order valence-electron chi connectivity index (χ2n) is 6.02. The first-order chi connectivity index (χ1) is 14.1. The van der Waals surface area contributed by atoms with E-state index in [2.05, 4.69) is 26.5 Å². The zero-order chi connectivity index (χ0) is 20.5. The minimum Gasteiger partial charge on any atom is -0.489 e. The Morgan fingerprint density at radius 3 is 2.52 bits per heavy atom. The molecule has 7 heteroatoms. The van der Waals surface area contributed by atoms with Gasteiger partial charge in [-0.2, -0.15) is 5.10 Å². The van der Waals surface area contributed by atoms with Crippen molar-refractivity contribution >= 4 is 39.7 Å². The fourth-order valence-corrected chi connectivity index (χ4v) is 2.71. The van der Waals surface area contributed by atoms with E-state index in [-0.39, 0.29) is 12.5 Å². The first kappa shape index (κ1) is 20.9. The molecular formula is C22H18BrClN2O3. The lowest BCUT2D eigenvalue weighted by Crippen LogP contribution is -2.24. The number of nitrogens with one attached hydrogen (secondary N) is 1. The van der Waals surface area contributed by atoms with E-state index >= 15 is 0 Å². The molecule has 5 nitrogen and oxygen atoms in total. The van der Waals surface area contributed by atoms with Crippen LogP contribution in [0, 0.1) is 0 Å². The summed E-state index contributed by atoms with van der Waals surface area (Å²) in [5.41, 5.74) is 4.26. The molecular weight excluding hydrogens is 456 g/mol. The van der Waals surface area contributed by atoms with Crippen molar-refractivity contribution in [3.63, 3.8) is 0 Å². The van der Waals surface area contributed by atoms with Gasteiger partial charge in [-0.25, -0.2) is 5.43 Å². The summed E-state index contributed by atoms with van der Waals surface area (Å²) >= 11 is 9.23. The van der Waals surface area contributed by atoms with Gasteiger partial charge in [0.05, 0.1) is 6.21 Å². The Balaban J connectivity index is 1.46. The molecule has 0 radical (unpaired) electrons. The highest BCUT2D eigenvalue weighted by molar-refractivity contribution is 9.10. The van der Waals surface area contributed by atoms with Crippen LogP contribution in [0.5, 0.6) is 11.5 Å². The number of nitrogens with zero attached hydrogens (tertiary/aromatic N) is 1. The Hall–Kier alpha value is -2.83. The number of hydrazone groups is 1. The van der Waals surface area contributed by atoms with E-state index < -0.39 is 0 Å². The number of hydrogen-bond acceptors (Lipinski definition) is 4. The molecule has 0 spiro atoms. The Kier molecular flexibility index (Phi) is 7.67. The maximum absolute atomic E-state index is 11.8. The average Bonchev–Trinajstić information content (AvgIpc) is 2.73. The summed E-state index contributed by atoms with van der Waals surface area (Å²) in [6.07, 6.45) is 1.55. The van der Waals surface area contributed by atoms with Gasteiger partial charge in [-0.05, 0) is 59.7 Å². The highest BCUT2D eigenvalue weighted by atomic mass is 79.9. The summed E-state index contributed by atoms with van der Waals surface area (Å²) in [6.45, 7) is 0.311. The summed E-state index contributed by atoms with van der Waals surface area (Å²) < 4.78 is 12.1. The van der Waals surface area contributed by atoms with Crippen molar-refractivity contribution in [2.24, 2.45) is 5.10 Å². The van der Waals surface area contributed by atoms with Crippen molar-refractivity contribution in [1.29, 1.82) is 0 Å². The molecule has 3 aromatic rings. The smallest absolute Gasteiger partial charge is 0.277 e. The molecule has 29 heavy (non-hydrogen) atoms. The van der Waals surface area contributed by atoms with E-state index in [1.165, 1.54) is 0 Å². The summed E-state index contributed by atoms with van der Waals surface area (Å²) in [5.74, 6) is 0.964. The van der Waals surface area contributed by atoms with Gasteiger partial charge in [0.1, 0.15) is 18.1 Å². The van der Waals surface area contributed by atoms with Crippen molar-refractivity contribution < 1.29 is 14.3 Å². The molecule has 148 valence electrons. The summed E-state index contributed by atoms with van der Waals surface area (Å²) in [6, 6.07) is 22.1. The van der Waals surface area contributed by atoms with Crippen LogP contribution in [0.15, 0.2) is 82.4 Å². The number of ether oxygens (including phenoxy) is 2. The second kappa shape index (κ2) is 10.6. The predicted octanol–water partition coefficient (Wildman–Crippen LogP) is 5.21. The Morgan fingerprint density at radius 1 is 1.00 bits per heavy atom. The molecule has 0 saturated carbocycles. The van der Waals surface area contributed by atoms with E-state index in [1.54, 1.807) is 18.3 Å². The standard InChI is InChI=1S/C22H18BrClN2O3/c23-18-6-10-20(11-7-18)29-15-22(27)26-25-13-17-2-1-3-21(12-17)28-14-16-4-8-19(24)9-5-16/h1-13H,14-15H2,(H,26,27). The molecule has 3 rings (SSSR count). The Morgan fingerprint density at radius 2 is 1.76 bits per heavy atom. The van der Waals surface area contributed by atoms with Crippen molar-refractivity contribution in [3.05, 3.63) is 93.4 Å². The summed E-state index contributed by atoms with van der Waals surface area (Å²) in [4.78, 5) is 11.8. The van der Waals surface area contributed by atoms with E-state index in [4.69, 9.17) is 21.1 Å². The highest BCUT2D eigenvalue weighted by Gasteiger charge is 2.02. The van der Waals surface area contributed by atoms with Gasteiger partial charge in [-0.3, -0.25) is 4.79 Å². The van der Waals surface area contributed by atoms with Crippen molar-refractivity contribution in [1.82, 2.24) is 5.43 Å². The van der Waals surface area contributed by atoms with Crippen LogP contribution in [0.1, 0.15) is 11.1 Å². The summed E-state index contributed by atoms with van der Waals surface area (Å²) in [5, 5.41) is 4.65. The lowest BCUT2D eigenvalue weighted by Gasteiger charge is -2.07. The molecule has 0 aliphatic carbocycles. The molecule has 0 saturated heterocycles. The maximum Gasteiger partial charge on any atom is 0.277 e. The van der Waals surface area contributed by atoms with E-state index in [0.717, 1.165) is 15.6 Å². The number of carbonyl (C=O) groups is 1. The topological polar surface area (TPSA) is 59.9 Å². The zero-order valence-corrected chi connectivity index (χ0v) is 17.7. The van der Waals surface area contributed by atoms with Crippen LogP contribution >= 0.6 is 27.5 Å². The number of amides is 1. The highest BCUT2D eigenvalue weighted by Crippen LogP contribution is 2.17. The molecule has 3 aromatic carbocycles.